The van der Waals surface area contributed by atoms with E-state index in [1.165, 1.54) is 6.07 Å². The molecule has 0 unspecified atom stereocenters. The Morgan fingerprint density at radius 1 is 1.23 bits per heavy atom. The minimum atomic E-state index is -0.870. The maximum atomic E-state index is 13.7. The van der Waals surface area contributed by atoms with E-state index in [1.54, 1.807) is 0 Å². The third-order valence-corrected chi connectivity index (χ3v) is 4.96. The number of benzene rings is 1. The number of hydrogen-bond donors (Lipinski definition) is 4. The number of carbonyl (C=O) groups is 2. The molecule has 1 aromatic heterocycles. The fourth-order valence-corrected chi connectivity index (χ4v) is 3.62. The van der Waals surface area contributed by atoms with Crippen LogP contribution in [0.1, 0.15) is 43.0 Å². The molecule has 3 rings (SSSR count). The molecule has 0 bridgehead atoms. The van der Waals surface area contributed by atoms with E-state index in [9.17, 15) is 18.4 Å². The summed E-state index contributed by atoms with van der Waals surface area (Å²) >= 11 is 5.28. The average Bonchev–Trinajstić information content (AvgIpc) is 3.05. The van der Waals surface area contributed by atoms with Crippen LogP contribution in [-0.4, -0.2) is 44.9 Å². The van der Waals surface area contributed by atoms with Gasteiger partial charge in [0.2, 0.25) is 0 Å². The first-order valence-corrected chi connectivity index (χ1v) is 10.2. The second-order valence-corrected chi connectivity index (χ2v) is 7.42. The normalized spacial score (nSPS) is 14.7. The summed E-state index contributed by atoms with van der Waals surface area (Å²) in [7, 11) is 0. The number of imidazole rings is 1. The SMILES string of the molecule is NCCc1c[nH]c(=S)n1[C@H]1COc2c(F)cc(F)cc2C1.O=C(O)CCCCC(=O)O. The zero-order chi connectivity index (χ0) is 23.0. The van der Waals surface area contributed by atoms with Crippen molar-refractivity contribution >= 4 is 24.2 Å². The Bertz CT molecular complexity index is 960. The topological polar surface area (TPSA) is 131 Å². The molecule has 0 spiro atoms. The van der Waals surface area contributed by atoms with E-state index in [2.05, 4.69) is 4.98 Å². The lowest BCUT2D eigenvalue weighted by atomic mass is 10.0. The van der Waals surface area contributed by atoms with Crippen LogP contribution < -0.4 is 10.5 Å². The summed E-state index contributed by atoms with van der Waals surface area (Å²) in [6.45, 7) is 0.791. The van der Waals surface area contributed by atoms with Gasteiger partial charge in [-0.05, 0) is 37.7 Å². The zero-order valence-electron chi connectivity index (χ0n) is 16.8. The van der Waals surface area contributed by atoms with Crippen LogP contribution in [-0.2, 0) is 22.4 Å². The Morgan fingerprint density at radius 2 is 1.87 bits per heavy atom. The number of carboxylic acids is 2. The molecule has 0 saturated carbocycles. The van der Waals surface area contributed by atoms with Crippen molar-refractivity contribution in [3.8, 4) is 5.75 Å². The van der Waals surface area contributed by atoms with E-state index in [0.29, 0.717) is 49.2 Å². The molecule has 1 aliphatic rings. The first-order valence-electron chi connectivity index (χ1n) is 9.76. The van der Waals surface area contributed by atoms with Gasteiger partial charge in [0.05, 0.1) is 6.04 Å². The predicted octanol–water partition coefficient (Wildman–Crippen LogP) is 3.22. The number of nitrogens with two attached hydrogens (primary N) is 1. The van der Waals surface area contributed by atoms with Crippen LogP contribution in [0, 0.1) is 16.4 Å². The van der Waals surface area contributed by atoms with Crippen molar-refractivity contribution in [2.45, 2.75) is 44.6 Å². The van der Waals surface area contributed by atoms with Gasteiger partial charge in [-0.1, -0.05) is 0 Å². The highest BCUT2D eigenvalue weighted by Crippen LogP contribution is 2.33. The minimum absolute atomic E-state index is 0.0628. The van der Waals surface area contributed by atoms with E-state index >= 15 is 0 Å². The Kier molecular flexibility index (Phi) is 9.13. The first-order chi connectivity index (χ1) is 14.7. The molecule has 2 heterocycles. The number of unbranched alkanes of at least 4 members (excludes halogenated alkanes) is 1. The molecule has 1 aromatic carbocycles. The molecule has 170 valence electrons. The first kappa shape index (κ1) is 24.5. The lowest BCUT2D eigenvalue weighted by molar-refractivity contribution is -0.139. The van der Waals surface area contributed by atoms with Crippen LogP contribution in [0.5, 0.6) is 5.75 Å². The number of rotatable bonds is 8. The van der Waals surface area contributed by atoms with Crippen molar-refractivity contribution < 1.29 is 33.3 Å². The van der Waals surface area contributed by atoms with Crippen molar-refractivity contribution in [1.29, 1.82) is 0 Å². The number of ether oxygens (including phenoxy) is 1. The number of aliphatic carboxylic acids is 2. The number of aromatic amines is 1. The molecule has 0 fully saturated rings. The van der Waals surface area contributed by atoms with Crippen LogP contribution >= 0.6 is 12.2 Å². The molecule has 1 aliphatic heterocycles. The third-order valence-electron chi connectivity index (χ3n) is 4.65. The minimum Gasteiger partial charge on any atom is -0.488 e. The Hall–Kier alpha value is -2.79. The lowest BCUT2D eigenvalue weighted by Crippen LogP contribution is -2.27. The molecular formula is C20H25F2N3O5S. The number of carboxylic acid groups (broad SMARTS) is 2. The third kappa shape index (κ3) is 7.14. The van der Waals surface area contributed by atoms with Crippen molar-refractivity contribution in [3.63, 3.8) is 0 Å². The Labute approximate surface area is 182 Å². The van der Waals surface area contributed by atoms with Gasteiger partial charge >= 0.3 is 11.9 Å². The Morgan fingerprint density at radius 3 is 2.45 bits per heavy atom. The van der Waals surface area contributed by atoms with Gasteiger partial charge in [-0.3, -0.25) is 9.59 Å². The second kappa shape index (κ2) is 11.6. The van der Waals surface area contributed by atoms with Gasteiger partial charge in [0.1, 0.15) is 12.4 Å². The Balaban J connectivity index is 0.000000291. The highest BCUT2D eigenvalue weighted by Gasteiger charge is 2.26. The number of halogens is 2. The number of nitrogens with one attached hydrogen (secondary N) is 1. The van der Waals surface area contributed by atoms with Crippen molar-refractivity contribution in [1.82, 2.24) is 9.55 Å². The van der Waals surface area contributed by atoms with Crippen LogP contribution in [0.4, 0.5) is 8.78 Å². The molecule has 0 aliphatic carbocycles. The summed E-state index contributed by atoms with van der Waals surface area (Å²) in [6, 6.07) is 2.05. The smallest absolute Gasteiger partial charge is 0.303 e. The number of fused-ring (bicyclic) bond motifs is 1. The number of aromatic nitrogens is 2. The molecule has 31 heavy (non-hydrogen) atoms. The van der Waals surface area contributed by atoms with E-state index in [-0.39, 0.29) is 24.6 Å². The van der Waals surface area contributed by atoms with Crippen molar-refractivity contribution in [2.24, 2.45) is 5.73 Å². The quantitative estimate of drug-likeness (QED) is 0.354. The van der Waals surface area contributed by atoms with Gasteiger partial charge in [-0.2, -0.15) is 0 Å². The zero-order valence-corrected chi connectivity index (χ0v) is 17.6. The number of H-pyrrole nitrogens is 1. The molecule has 2 aromatic rings. The molecule has 5 N–H and O–H groups in total. The second-order valence-electron chi connectivity index (χ2n) is 7.03. The average molecular weight is 457 g/mol. The number of hydrogen-bond acceptors (Lipinski definition) is 5. The predicted molar refractivity (Wildman–Crippen MR) is 111 cm³/mol. The standard InChI is InChI=1S/C14H15F2N3OS.C6H10O4/c15-9-3-8-4-11(7-20-13(8)12(16)5-9)19-10(1-2-17)6-18-14(19)21;7-5(8)3-1-2-4-6(9)10/h3,5-6,11H,1-2,4,7,17H2,(H,18,21);1-4H2,(H,7,8)(H,9,10)/t11-;/m1./s1. The van der Waals surface area contributed by atoms with Crippen LogP contribution in [0.25, 0.3) is 0 Å². The molecule has 11 heteroatoms. The van der Waals surface area contributed by atoms with E-state index < -0.39 is 23.6 Å². The molecule has 0 radical (unpaired) electrons. The van der Waals surface area contributed by atoms with Crippen molar-refractivity contribution in [3.05, 3.63) is 46.0 Å². The maximum absolute atomic E-state index is 13.7. The summed E-state index contributed by atoms with van der Waals surface area (Å²) in [5.41, 5.74) is 7.08. The summed E-state index contributed by atoms with van der Waals surface area (Å²) < 4.78 is 35.0. The van der Waals surface area contributed by atoms with Gasteiger partial charge in [0.15, 0.2) is 16.3 Å². The molecule has 8 nitrogen and oxygen atoms in total. The summed E-state index contributed by atoms with van der Waals surface area (Å²) in [6.07, 6.45) is 3.97. The highest BCUT2D eigenvalue weighted by molar-refractivity contribution is 7.71. The van der Waals surface area contributed by atoms with E-state index in [0.717, 1.165) is 11.8 Å². The summed E-state index contributed by atoms with van der Waals surface area (Å²) in [5.74, 6) is -2.87. The van der Waals surface area contributed by atoms with Crippen LogP contribution in [0.3, 0.4) is 0 Å². The summed E-state index contributed by atoms with van der Waals surface area (Å²) in [5, 5.41) is 16.3. The largest absolute Gasteiger partial charge is 0.488 e. The molecule has 0 amide bonds. The molecular weight excluding hydrogens is 432 g/mol. The van der Waals surface area contributed by atoms with Gasteiger partial charge in [0, 0.05) is 49.2 Å². The number of nitrogens with zero attached hydrogens (tertiary/aromatic N) is 1. The van der Waals surface area contributed by atoms with E-state index in [1.807, 2.05) is 10.8 Å². The fraction of sp³-hybridized carbons (Fsp3) is 0.450. The van der Waals surface area contributed by atoms with Crippen molar-refractivity contribution in [2.75, 3.05) is 13.2 Å². The molecule has 1 atom stereocenters. The fourth-order valence-electron chi connectivity index (χ4n) is 3.29. The van der Waals surface area contributed by atoms with Gasteiger partial charge in [-0.25, -0.2) is 8.78 Å². The van der Waals surface area contributed by atoms with E-state index in [4.69, 9.17) is 32.9 Å². The van der Waals surface area contributed by atoms with Gasteiger partial charge < -0.3 is 30.2 Å². The molecule has 0 saturated heterocycles. The van der Waals surface area contributed by atoms with Crippen LogP contribution in [0.2, 0.25) is 0 Å². The van der Waals surface area contributed by atoms with Gasteiger partial charge in [-0.15, -0.1) is 0 Å². The highest BCUT2D eigenvalue weighted by atomic mass is 32.1. The monoisotopic (exact) mass is 457 g/mol. The lowest BCUT2D eigenvalue weighted by Gasteiger charge is -2.27. The van der Waals surface area contributed by atoms with Crippen LogP contribution in [0.15, 0.2) is 18.3 Å². The van der Waals surface area contributed by atoms with Gasteiger partial charge in [0.25, 0.3) is 0 Å². The maximum Gasteiger partial charge on any atom is 0.303 e. The summed E-state index contributed by atoms with van der Waals surface area (Å²) in [4.78, 5) is 22.8.